The Kier molecular flexibility index (Phi) is 9.08. The van der Waals surface area contributed by atoms with Gasteiger partial charge in [-0.05, 0) is 55.0 Å². The zero-order valence-corrected chi connectivity index (χ0v) is 17.0. The van der Waals surface area contributed by atoms with E-state index in [2.05, 4.69) is 17.6 Å². The SMILES string of the molecule is CCCCCCCOc1ccc(NC(=S)NC(=O)c2ccccc2Cl)cc1. The summed E-state index contributed by atoms with van der Waals surface area (Å²) in [7, 11) is 0. The molecule has 0 aromatic heterocycles. The molecule has 2 N–H and O–H groups in total. The summed E-state index contributed by atoms with van der Waals surface area (Å²) in [4.78, 5) is 12.2. The van der Waals surface area contributed by atoms with Crippen LogP contribution in [0.5, 0.6) is 5.75 Å². The zero-order valence-electron chi connectivity index (χ0n) is 15.5. The smallest absolute Gasteiger partial charge is 0.258 e. The molecule has 0 aliphatic heterocycles. The quantitative estimate of drug-likeness (QED) is 0.408. The molecule has 4 nitrogen and oxygen atoms in total. The number of hydrogen-bond donors (Lipinski definition) is 2. The molecule has 1 amide bonds. The first-order valence-electron chi connectivity index (χ1n) is 9.20. The number of halogens is 1. The van der Waals surface area contributed by atoms with Crippen LogP contribution in [0, 0.1) is 0 Å². The third-order valence-electron chi connectivity index (χ3n) is 3.97. The second kappa shape index (κ2) is 11.6. The first-order chi connectivity index (χ1) is 13.1. The average molecular weight is 405 g/mol. The summed E-state index contributed by atoms with van der Waals surface area (Å²) in [5.41, 5.74) is 1.15. The van der Waals surface area contributed by atoms with Crippen molar-refractivity contribution in [3.63, 3.8) is 0 Å². The molecule has 0 bridgehead atoms. The number of carbonyl (C=O) groups excluding carboxylic acids is 1. The molecule has 0 saturated heterocycles. The summed E-state index contributed by atoms with van der Waals surface area (Å²) >= 11 is 11.2. The fraction of sp³-hybridized carbons (Fsp3) is 0.333. The van der Waals surface area contributed by atoms with Gasteiger partial charge < -0.3 is 10.1 Å². The molecule has 144 valence electrons. The lowest BCUT2D eigenvalue weighted by molar-refractivity contribution is 0.0978. The van der Waals surface area contributed by atoms with Crippen LogP contribution in [0.25, 0.3) is 0 Å². The van der Waals surface area contributed by atoms with Gasteiger partial charge in [0.25, 0.3) is 5.91 Å². The second-order valence-corrected chi connectivity index (χ2v) is 6.99. The van der Waals surface area contributed by atoms with Crippen LogP contribution in [0.3, 0.4) is 0 Å². The van der Waals surface area contributed by atoms with E-state index in [0.29, 0.717) is 10.6 Å². The molecule has 0 fully saturated rings. The van der Waals surface area contributed by atoms with E-state index in [1.807, 2.05) is 24.3 Å². The number of nitrogens with one attached hydrogen (secondary N) is 2. The van der Waals surface area contributed by atoms with Gasteiger partial charge in [-0.2, -0.15) is 0 Å². The lowest BCUT2D eigenvalue weighted by atomic mass is 10.2. The zero-order chi connectivity index (χ0) is 19.5. The van der Waals surface area contributed by atoms with Crippen molar-refractivity contribution in [2.75, 3.05) is 11.9 Å². The molecule has 0 heterocycles. The minimum Gasteiger partial charge on any atom is -0.494 e. The van der Waals surface area contributed by atoms with Crippen molar-refractivity contribution in [2.45, 2.75) is 39.0 Å². The predicted octanol–water partition coefficient (Wildman–Crippen LogP) is 5.82. The number of unbranched alkanes of at least 4 members (excludes halogenated alkanes) is 4. The standard InChI is InChI=1S/C21H25ClN2O2S/c1-2-3-4-5-8-15-26-17-13-11-16(12-14-17)23-21(27)24-20(25)18-9-6-7-10-19(18)22/h6-7,9-14H,2-5,8,15H2,1H3,(H2,23,24,25,27). The molecule has 27 heavy (non-hydrogen) atoms. The van der Waals surface area contributed by atoms with Gasteiger partial charge in [-0.1, -0.05) is 56.3 Å². The van der Waals surface area contributed by atoms with Crippen molar-refractivity contribution in [1.29, 1.82) is 0 Å². The van der Waals surface area contributed by atoms with Gasteiger partial charge in [-0.15, -0.1) is 0 Å². The van der Waals surface area contributed by atoms with E-state index in [0.717, 1.165) is 24.5 Å². The van der Waals surface area contributed by atoms with Crippen molar-refractivity contribution >= 4 is 40.5 Å². The van der Waals surface area contributed by atoms with Crippen molar-refractivity contribution in [2.24, 2.45) is 0 Å². The molecular weight excluding hydrogens is 380 g/mol. The van der Waals surface area contributed by atoms with Gasteiger partial charge >= 0.3 is 0 Å². The van der Waals surface area contributed by atoms with Crippen molar-refractivity contribution in [1.82, 2.24) is 5.32 Å². The van der Waals surface area contributed by atoms with Gasteiger partial charge in [0, 0.05) is 5.69 Å². The molecular formula is C21H25ClN2O2S. The molecule has 0 radical (unpaired) electrons. The Bertz CT molecular complexity index is 750. The average Bonchev–Trinajstić information content (AvgIpc) is 2.66. The molecule has 0 aliphatic rings. The summed E-state index contributed by atoms with van der Waals surface area (Å²) in [5.74, 6) is 0.475. The van der Waals surface area contributed by atoms with E-state index in [1.165, 1.54) is 25.7 Å². The first kappa shape index (κ1) is 21.2. The second-order valence-electron chi connectivity index (χ2n) is 6.18. The van der Waals surface area contributed by atoms with Crippen LogP contribution in [-0.2, 0) is 0 Å². The molecule has 2 aromatic rings. The van der Waals surface area contributed by atoms with Crippen LogP contribution < -0.4 is 15.4 Å². The van der Waals surface area contributed by atoms with E-state index in [-0.39, 0.29) is 11.0 Å². The molecule has 2 aromatic carbocycles. The molecule has 0 saturated carbocycles. The number of rotatable bonds is 9. The lowest BCUT2D eigenvalue weighted by Gasteiger charge is -2.11. The Balaban J connectivity index is 1.76. The normalized spacial score (nSPS) is 10.3. The summed E-state index contributed by atoms with van der Waals surface area (Å²) in [6.45, 7) is 2.93. The number of hydrogen-bond acceptors (Lipinski definition) is 3. The molecule has 2 rings (SSSR count). The van der Waals surface area contributed by atoms with Crippen LogP contribution in [0.1, 0.15) is 49.4 Å². The monoisotopic (exact) mass is 404 g/mol. The summed E-state index contributed by atoms with van der Waals surface area (Å²) in [6, 6.07) is 14.3. The summed E-state index contributed by atoms with van der Waals surface area (Å²) < 4.78 is 5.74. The fourth-order valence-corrected chi connectivity index (χ4v) is 2.94. The van der Waals surface area contributed by atoms with Crippen LogP contribution in [0.15, 0.2) is 48.5 Å². The molecule has 0 unspecified atom stereocenters. The summed E-state index contributed by atoms with van der Waals surface area (Å²) in [5, 5.41) is 6.20. The minimum atomic E-state index is -0.346. The molecule has 0 aliphatic carbocycles. The van der Waals surface area contributed by atoms with E-state index < -0.39 is 0 Å². The van der Waals surface area contributed by atoms with Crippen molar-refractivity contribution in [3.05, 3.63) is 59.1 Å². The highest BCUT2D eigenvalue weighted by atomic mass is 35.5. The summed E-state index contributed by atoms with van der Waals surface area (Å²) in [6.07, 6.45) is 6.06. The van der Waals surface area contributed by atoms with E-state index in [4.69, 9.17) is 28.6 Å². The first-order valence-corrected chi connectivity index (χ1v) is 9.98. The maximum Gasteiger partial charge on any atom is 0.258 e. The Morgan fingerprint density at radius 2 is 1.74 bits per heavy atom. The number of thiocarbonyl (C=S) groups is 1. The van der Waals surface area contributed by atoms with E-state index in [1.54, 1.807) is 24.3 Å². The van der Waals surface area contributed by atoms with Crippen molar-refractivity contribution in [3.8, 4) is 5.75 Å². The van der Waals surface area contributed by atoms with E-state index >= 15 is 0 Å². The highest BCUT2D eigenvalue weighted by Crippen LogP contribution is 2.17. The van der Waals surface area contributed by atoms with Gasteiger partial charge in [0.1, 0.15) is 5.75 Å². The Morgan fingerprint density at radius 1 is 1.04 bits per heavy atom. The number of ether oxygens (including phenoxy) is 1. The Hall–Kier alpha value is -2.11. The highest BCUT2D eigenvalue weighted by Gasteiger charge is 2.11. The number of carbonyl (C=O) groups is 1. The van der Waals surface area contributed by atoms with Crippen molar-refractivity contribution < 1.29 is 9.53 Å². The van der Waals surface area contributed by atoms with Gasteiger partial charge in [0.2, 0.25) is 0 Å². The van der Waals surface area contributed by atoms with Crippen LogP contribution >= 0.6 is 23.8 Å². The third kappa shape index (κ3) is 7.57. The number of anilines is 1. The van der Waals surface area contributed by atoms with Gasteiger partial charge in [0.05, 0.1) is 17.2 Å². The maximum atomic E-state index is 12.2. The predicted molar refractivity (Wildman–Crippen MR) is 116 cm³/mol. The van der Waals surface area contributed by atoms with Gasteiger partial charge in [-0.25, -0.2) is 0 Å². The Labute approximate surface area is 171 Å². The Morgan fingerprint density at radius 3 is 2.44 bits per heavy atom. The maximum absolute atomic E-state index is 12.2. The lowest BCUT2D eigenvalue weighted by Crippen LogP contribution is -2.34. The highest BCUT2D eigenvalue weighted by molar-refractivity contribution is 7.80. The number of benzene rings is 2. The third-order valence-corrected chi connectivity index (χ3v) is 4.51. The van der Waals surface area contributed by atoms with E-state index in [9.17, 15) is 4.79 Å². The van der Waals surface area contributed by atoms with Crippen LogP contribution in [0.4, 0.5) is 5.69 Å². The van der Waals surface area contributed by atoms with Crippen LogP contribution in [-0.4, -0.2) is 17.6 Å². The van der Waals surface area contributed by atoms with Gasteiger partial charge in [0.15, 0.2) is 5.11 Å². The topological polar surface area (TPSA) is 50.4 Å². The largest absolute Gasteiger partial charge is 0.494 e. The minimum absolute atomic E-state index is 0.213. The van der Waals surface area contributed by atoms with Gasteiger partial charge in [-0.3, -0.25) is 10.1 Å². The fourth-order valence-electron chi connectivity index (χ4n) is 2.51. The molecule has 6 heteroatoms. The number of amides is 1. The molecule has 0 spiro atoms. The molecule has 0 atom stereocenters. The van der Waals surface area contributed by atoms with Crippen LogP contribution in [0.2, 0.25) is 5.02 Å².